The van der Waals surface area contributed by atoms with Crippen LogP contribution in [0.1, 0.15) is 36.2 Å². The van der Waals surface area contributed by atoms with Crippen molar-refractivity contribution in [1.82, 2.24) is 15.3 Å². The van der Waals surface area contributed by atoms with Gasteiger partial charge in [-0.25, -0.2) is 9.97 Å². The molecule has 23 heavy (non-hydrogen) atoms. The van der Waals surface area contributed by atoms with Crippen LogP contribution in [0.15, 0.2) is 30.6 Å². The van der Waals surface area contributed by atoms with Crippen LogP contribution in [0.4, 0.5) is 11.5 Å². The number of nitrogens with one attached hydrogen (secondary N) is 2. The van der Waals surface area contributed by atoms with Crippen LogP contribution >= 0.6 is 23.2 Å². The van der Waals surface area contributed by atoms with Crippen LogP contribution in [-0.2, 0) is 0 Å². The Morgan fingerprint density at radius 3 is 2.52 bits per heavy atom. The van der Waals surface area contributed by atoms with Gasteiger partial charge >= 0.3 is 0 Å². The van der Waals surface area contributed by atoms with Crippen LogP contribution in [0.5, 0.6) is 0 Å². The molecular formula is C16H16Cl2N4O. The number of rotatable bonds is 4. The van der Waals surface area contributed by atoms with E-state index in [4.69, 9.17) is 23.2 Å². The van der Waals surface area contributed by atoms with Gasteiger partial charge in [0.1, 0.15) is 17.8 Å². The van der Waals surface area contributed by atoms with E-state index >= 15 is 0 Å². The molecule has 0 radical (unpaired) electrons. The summed E-state index contributed by atoms with van der Waals surface area (Å²) in [5.74, 6) is 0.277. The Morgan fingerprint density at radius 2 is 1.83 bits per heavy atom. The van der Waals surface area contributed by atoms with Gasteiger partial charge in [-0.1, -0.05) is 42.1 Å². The van der Waals surface area contributed by atoms with E-state index in [1.165, 1.54) is 6.33 Å². The van der Waals surface area contributed by atoms with Crippen molar-refractivity contribution in [2.45, 2.75) is 31.7 Å². The van der Waals surface area contributed by atoms with Crippen molar-refractivity contribution in [2.24, 2.45) is 0 Å². The first-order valence-electron chi connectivity index (χ1n) is 7.47. The second-order valence-electron chi connectivity index (χ2n) is 5.46. The molecule has 5 nitrogen and oxygen atoms in total. The number of para-hydroxylation sites is 1. The number of benzene rings is 1. The van der Waals surface area contributed by atoms with E-state index < -0.39 is 0 Å². The molecule has 0 atom stereocenters. The van der Waals surface area contributed by atoms with Crippen LogP contribution in [0.3, 0.4) is 0 Å². The number of carbonyl (C=O) groups excluding carboxylic acids is 1. The largest absolute Gasteiger partial charge is 0.348 e. The number of amides is 1. The van der Waals surface area contributed by atoms with Gasteiger partial charge in [0.25, 0.3) is 5.91 Å². The number of anilines is 2. The second-order valence-corrected chi connectivity index (χ2v) is 6.28. The average molecular weight is 351 g/mol. The molecule has 3 rings (SSSR count). The SMILES string of the molecule is O=C(NC1CCCC1)c1cc(Nc2c(Cl)cccc2Cl)ncn1. The smallest absolute Gasteiger partial charge is 0.270 e. The van der Waals surface area contributed by atoms with E-state index in [1.807, 2.05) is 0 Å². The van der Waals surface area contributed by atoms with E-state index in [0.717, 1.165) is 25.7 Å². The molecular weight excluding hydrogens is 335 g/mol. The summed E-state index contributed by atoms with van der Waals surface area (Å²) in [5, 5.41) is 6.99. The summed E-state index contributed by atoms with van der Waals surface area (Å²) < 4.78 is 0. The first kappa shape index (κ1) is 16.0. The summed E-state index contributed by atoms with van der Waals surface area (Å²) in [4.78, 5) is 20.4. The Hall–Kier alpha value is -1.85. The van der Waals surface area contributed by atoms with E-state index in [1.54, 1.807) is 24.3 Å². The molecule has 1 heterocycles. The van der Waals surface area contributed by atoms with Gasteiger partial charge in [-0.05, 0) is 25.0 Å². The van der Waals surface area contributed by atoms with Crippen molar-refractivity contribution < 1.29 is 4.79 Å². The van der Waals surface area contributed by atoms with Crippen LogP contribution in [0.25, 0.3) is 0 Å². The van der Waals surface area contributed by atoms with Gasteiger partial charge in [0.05, 0.1) is 15.7 Å². The van der Waals surface area contributed by atoms with Crippen molar-refractivity contribution in [3.8, 4) is 0 Å². The number of aromatic nitrogens is 2. The van der Waals surface area contributed by atoms with Gasteiger partial charge in [-0.3, -0.25) is 4.79 Å². The van der Waals surface area contributed by atoms with E-state index in [0.29, 0.717) is 27.2 Å². The predicted molar refractivity (Wildman–Crippen MR) is 91.5 cm³/mol. The molecule has 120 valence electrons. The Bertz CT molecular complexity index is 697. The van der Waals surface area contributed by atoms with Gasteiger partial charge in [-0.15, -0.1) is 0 Å². The number of halogens is 2. The van der Waals surface area contributed by atoms with Crippen molar-refractivity contribution in [3.63, 3.8) is 0 Å². The van der Waals surface area contributed by atoms with E-state index in [-0.39, 0.29) is 11.9 Å². The highest BCUT2D eigenvalue weighted by atomic mass is 35.5. The van der Waals surface area contributed by atoms with Gasteiger partial charge in [0, 0.05) is 12.1 Å². The molecule has 1 saturated carbocycles. The van der Waals surface area contributed by atoms with Crippen molar-refractivity contribution >= 4 is 40.6 Å². The van der Waals surface area contributed by atoms with Crippen LogP contribution in [0, 0.1) is 0 Å². The zero-order valence-corrected chi connectivity index (χ0v) is 13.9. The fourth-order valence-electron chi connectivity index (χ4n) is 2.62. The average Bonchev–Trinajstić information content (AvgIpc) is 3.04. The molecule has 1 aromatic heterocycles. The molecule has 1 fully saturated rings. The molecule has 0 bridgehead atoms. The van der Waals surface area contributed by atoms with Gasteiger partial charge in [0.2, 0.25) is 0 Å². The van der Waals surface area contributed by atoms with E-state index in [9.17, 15) is 4.79 Å². The lowest BCUT2D eigenvalue weighted by Gasteiger charge is -2.12. The Morgan fingerprint density at radius 1 is 1.13 bits per heavy atom. The number of nitrogens with zero attached hydrogens (tertiary/aromatic N) is 2. The summed E-state index contributed by atoms with van der Waals surface area (Å²) >= 11 is 12.3. The quantitative estimate of drug-likeness (QED) is 0.866. The lowest BCUT2D eigenvalue weighted by atomic mass is 10.2. The first-order valence-corrected chi connectivity index (χ1v) is 8.23. The molecule has 0 spiro atoms. The zero-order valence-electron chi connectivity index (χ0n) is 12.4. The minimum atomic E-state index is -0.187. The highest BCUT2D eigenvalue weighted by Crippen LogP contribution is 2.32. The zero-order chi connectivity index (χ0) is 16.2. The summed E-state index contributed by atoms with van der Waals surface area (Å²) in [6, 6.07) is 7.04. The summed E-state index contributed by atoms with van der Waals surface area (Å²) in [6.07, 6.45) is 5.71. The standard InChI is InChI=1S/C16H16Cl2N4O/c17-11-6-3-7-12(18)15(11)22-14-8-13(19-9-20-14)16(23)21-10-4-1-2-5-10/h3,6-10H,1-2,4-5H2,(H,21,23)(H,19,20,22). The summed E-state index contributed by atoms with van der Waals surface area (Å²) in [5.41, 5.74) is 0.870. The third-order valence-electron chi connectivity index (χ3n) is 3.81. The highest BCUT2D eigenvalue weighted by Gasteiger charge is 2.19. The monoisotopic (exact) mass is 350 g/mol. The maximum atomic E-state index is 12.3. The predicted octanol–water partition coefficient (Wildman–Crippen LogP) is 4.20. The van der Waals surface area contributed by atoms with Gasteiger partial charge in [-0.2, -0.15) is 0 Å². The lowest BCUT2D eigenvalue weighted by Crippen LogP contribution is -2.33. The molecule has 1 aliphatic rings. The second kappa shape index (κ2) is 7.15. The fraction of sp³-hybridized carbons (Fsp3) is 0.312. The first-order chi connectivity index (χ1) is 11.1. The molecule has 2 aromatic rings. The number of carbonyl (C=O) groups is 1. The molecule has 0 unspecified atom stereocenters. The lowest BCUT2D eigenvalue weighted by molar-refractivity contribution is 0.0932. The Balaban J connectivity index is 1.75. The minimum Gasteiger partial charge on any atom is -0.348 e. The highest BCUT2D eigenvalue weighted by molar-refractivity contribution is 6.39. The number of hydrogen-bond acceptors (Lipinski definition) is 4. The number of hydrogen-bond donors (Lipinski definition) is 2. The molecule has 1 aliphatic carbocycles. The topological polar surface area (TPSA) is 66.9 Å². The maximum absolute atomic E-state index is 12.3. The van der Waals surface area contributed by atoms with Crippen LogP contribution in [-0.4, -0.2) is 21.9 Å². The third kappa shape index (κ3) is 3.92. The minimum absolute atomic E-state index is 0.187. The van der Waals surface area contributed by atoms with Crippen LogP contribution in [0.2, 0.25) is 10.0 Å². The van der Waals surface area contributed by atoms with Gasteiger partial charge in [0.15, 0.2) is 0 Å². The van der Waals surface area contributed by atoms with Crippen LogP contribution < -0.4 is 10.6 Å². The fourth-order valence-corrected chi connectivity index (χ4v) is 3.12. The van der Waals surface area contributed by atoms with E-state index in [2.05, 4.69) is 20.6 Å². The van der Waals surface area contributed by atoms with Crippen molar-refractivity contribution in [2.75, 3.05) is 5.32 Å². The molecule has 1 amide bonds. The summed E-state index contributed by atoms with van der Waals surface area (Å²) in [7, 11) is 0. The normalized spacial score (nSPS) is 14.7. The van der Waals surface area contributed by atoms with Crippen molar-refractivity contribution in [1.29, 1.82) is 0 Å². The summed E-state index contributed by atoms with van der Waals surface area (Å²) in [6.45, 7) is 0. The molecule has 2 N–H and O–H groups in total. The Labute approximate surface area is 144 Å². The van der Waals surface area contributed by atoms with Gasteiger partial charge < -0.3 is 10.6 Å². The molecule has 7 heteroatoms. The molecule has 1 aromatic carbocycles. The van der Waals surface area contributed by atoms with Crippen molar-refractivity contribution in [3.05, 3.63) is 46.3 Å². The third-order valence-corrected chi connectivity index (χ3v) is 4.44. The molecule has 0 aliphatic heterocycles. The Kier molecular flexibility index (Phi) is 4.98. The molecule has 0 saturated heterocycles. The maximum Gasteiger partial charge on any atom is 0.270 e.